The van der Waals surface area contributed by atoms with E-state index in [4.69, 9.17) is 18.9 Å². The topological polar surface area (TPSA) is 77.5 Å². The van der Waals surface area contributed by atoms with Gasteiger partial charge in [0.2, 0.25) is 0 Å². The molecule has 0 aromatic heterocycles. The second-order valence-electron chi connectivity index (χ2n) is 9.51. The number of ether oxygens (including phenoxy) is 4. The number of carbonyl (C=O) groups excluding carboxylic acids is 1. The van der Waals surface area contributed by atoms with Gasteiger partial charge < -0.3 is 29.0 Å². The molecule has 3 rings (SSSR count). The predicted molar refractivity (Wildman–Crippen MR) is 112 cm³/mol. The van der Waals surface area contributed by atoms with Crippen molar-refractivity contribution < 1.29 is 28.8 Å². The molecular weight excluding hydrogens is 386 g/mol. The summed E-state index contributed by atoms with van der Waals surface area (Å²) in [5.41, 5.74) is 0.484. The zero-order chi connectivity index (χ0) is 21.9. The van der Waals surface area contributed by atoms with Crippen LogP contribution in [0.3, 0.4) is 0 Å². The van der Waals surface area contributed by atoms with Crippen LogP contribution >= 0.6 is 0 Å². The highest BCUT2D eigenvalue weighted by Gasteiger charge is 2.49. The van der Waals surface area contributed by atoms with Crippen LogP contribution in [0.15, 0.2) is 30.3 Å². The highest BCUT2D eigenvalue weighted by Crippen LogP contribution is 2.34. The fourth-order valence-corrected chi connectivity index (χ4v) is 4.06. The van der Waals surface area contributed by atoms with Crippen molar-refractivity contribution in [2.24, 2.45) is 0 Å². The van der Waals surface area contributed by atoms with Gasteiger partial charge in [-0.2, -0.15) is 0 Å². The summed E-state index contributed by atoms with van der Waals surface area (Å²) in [7, 11) is 0. The molecule has 1 amide bonds. The number of amides is 1. The summed E-state index contributed by atoms with van der Waals surface area (Å²) >= 11 is 0. The van der Waals surface area contributed by atoms with Crippen LogP contribution in [0.4, 0.5) is 4.79 Å². The van der Waals surface area contributed by atoms with Crippen LogP contribution in [0, 0.1) is 0 Å². The zero-order valence-electron chi connectivity index (χ0n) is 18.7. The Labute approximate surface area is 179 Å². The number of likely N-dealkylation sites (tertiary alicyclic amines) is 1. The summed E-state index contributed by atoms with van der Waals surface area (Å²) < 4.78 is 23.4. The highest BCUT2D eigenvalue weighted by molar-refractivity contribution is 5.69. The van der Waals surface area contributed by atoms with E-state index in [1.54, 1.807) is 4.90 Å². The smallest absolute Gasteiger partial charge is 0.410 e. The molecule has 0 aliphatic carbocycles. The minimum atomic E-state index is -0.896. The number of carbonyl (C=O) groups is 1. The third-order valence-electron chi connectivity index (χ3n) is 5.27. The van der Waals surface area contributed by atoms with Gasteiger partial charge in [-0.15, -0.1) is 0 Å². The van der Waals surface area contributed by atoms with E-state index in [0.717, 1.165) is 12.0 Å². The van der Waals surface area contributed by atoms with Crippen LogP contribution in [0.25, 0.3) is 0 Å². The second kappa shape index (κ2) is 9.22. The number of aliphatic hydroxyl groups is 1. The van der Waals surface area contributed by atoms with Crippen molar-refractivity contribution in [2.45, 2.75) is 89.8 Å². The third kappa shape index (κ3) is 5.94. The fourth-order valence-electron chi connectivity index (χ4n) is 4.06. The maximum Gasteiger partial charge on any atom is 0.410 e. The molecule has 7 heteroatoms. The maximum atomic E-state index is 12.6. The zero-order valence-corrected chi connectivity index (χ0v) is 18.7. The van der Waals surface area contributed by atoms with Gasteiger partial charge in [0.1, 0.15) is 23.9 Å². The van der Waals surface area contributed by atoms with Gasteiger partial charge in [-0.25, -0.2) is 4.79 Å². The van der Waals surface area contributed by atoms with Gasteiger partial charge in [-0.3, -0.25) is 0 Å². The molecule has 0 bridgehead atoms. The molecule has 0 radical (unpaired) electrons. The van der Waals surface area contributed by atoms with Crippen molar-refractivity contribution in [1.82, 2.24) is 4.90 Å². The summed E-state index contributed by atoms with van der Waals surface area (Å²) in [6, 6.07) is 9.52. The minimum Gasteiger partial charge on any atom is -0.444 e. The molecule has 0 saturated carbocycles. The first-order valence-electron chi connectivity index (χ1n) is 10.7. The largest absolute Gasteiger partial charge is 0.444 e. The lowest BCUT2D eigenvalue weighted by Crippen LogP contribution is -2.52. The number of hydrogen-bond acceptors (Lipinski definition) is 6. The monoisotopic (exact) mass is 421 g/mol. The molecule has 1 aromatic rings. The lowest BCUT2D eigenvalue weighted by atomic mass is 9.99. The van der Waals surface area contributed by atoms with Crippen molar-refractivity contribution in [3.63, 3.8) is 0 Å². The summed E-state index contributed by atoms with van der Waals surface area (Å²) in [5.74, 6) is -0.832. The first-order chi connectivity index (χ1) is 14.1. The molecule has 168 valence electrons. The van der Waals surface area contributed by atoms with E-state index in [-0.39, 0.29) is 6.04 Å². The Morgan fingerprint density at radius 2 is 1.97 bits per heavy atom. The number of benzene rings is 1. The van der Waals surface area contributed by atoms with Crippen molar-refractivity contribution >= 4 is 6.09 Å². The number of hydrogen-bond donors (Lipinski definition) is 1. The molecule has 2 saturated heterocycles. The standard InChI is InChI=1S/C23H35NO6/c1-22(2,3)30-21(26)24-13-9-12-17(24)19(25)20-18(28-23(4,5)29-20)15-27-14-16-10-7-6-8-11-16/h6-8,10-11,17-20,25H,9,12-15H2,1-5H3/t17-,18+,19+,20-/m1/s1. The van der Waals surface area contributed by atoms with Crippen LogP contribution in [-0.4, -0.2) is 65.0 Å². The molecule has 1 aromatic carbocycles. The molecular formula is C23H35NO6. The molecule has 30 heavy (non-hydrogen) atoms. The summed E-state index contributed by atoms with van der Waals surface area (Å²) in [6.45, 7) is 10.5. The van der Waals surface area contributed by atoms with Gasteiger partial charge in [0.15, 0.2) is 5.79 Å². The average molecular weight is 422 g/mol. The number of nitrogens with zero attached hydrogens (tertiary/aromatic N) is 1. The van der Waals surface area contributed by atoms with Crippen molar-refractivity contribution in [3.8, 4) is 0 Å². The first kappa shape index (κ1) is 23.0. The molecule has 1 N–H and O–H groups in total. The van der Waals surface area contributed by atoms with Gasteiger partial charge in [0, 0.05) is 6.54 Å². The molecule has 4 atom stereocenters. The molecule has 2 fully saturated rings. The Kier molecular flexibility index (Phi) is 7.07. The Morgan fingerprint density at radius 3 is 2.63 bits per heavy atom. The maximum absolute atomic E-state index is 12.6. The number of aliphatic hydroxyl groups excluding tert-OH is 1. The Bertz CT molecular complexity index is 701. The Balaban J connectivity index is 1.64. The quantitative estimate of drug-likeness (QED) is 0.758. The Morgan fingerprint density at radius 1 is 1.27 bits per heavy atom. The van der Waals surface area contributed by atoms with Gasteiger partial charge >= 0.3 is 6.09 Å². The fraction of sp³-hybridized carbons (Fsp3) is 0.696. The molecule has 0 unspecified atom stereocenters. The minimum absolute atomic E-state index is 0.291. The lowest BCUT2D eigenvalue weighted by Gasteiger charge is -2.34. The van der Waals surface area contributed by atoms with Crippen molar-refractivity contribution in [1.29, 1.82) is 0 Å². The SMILES string of the molecule is CC(C)(C)OC(=O)N1CCC[C@@H]1[C@H](O)[C@@H]1OC(C)(C)O[C@H]1COCc1ccccc1. The molecule has 2 aliphatic heterocycles. The van der Waals surface area contributed by atoms with Crippen molar-refractivity contribution in [2.75, 3.05) is 13.2 Å². The van der Waals surface area contributed by atoms with Gasteiger partial charge in [-0.1, -0.05) is 30.3 Å². The first-order valence-corrected chi connectivity index (χ1v) is 10.7. The van der Waals surface area contributed by atoms with Gasteiger partial charge in [0.25, 0.3) is 0 Å². The molecule has 7 nitrogen and oxygen atoms in total. The van der Waals surface area contributed by atoms with Crippen LogP contribution in [0.1, 0.15) is 53.0 Å². The van der Waals surface area contributed by atoms with Crippen LogP contribution < -0.4 is 0 Å². The van der Waals surface area contributed by atoms with E-state index < -0.39 is 35.8 Å². The van der Waals surface area contributed by atoms with Gasteiger partial charge in [-0.05, 0) is 53.0 Å². The van der Waals surface area contributed by atoms with Crippen molar-refractivity contribution in [3.05, 3.63) is 35.9 Å². The van der Waals surface area contributed by atoms with E-state index in [2.05, 4.69) is 0 Å². The van der Waals surface area contributed by atoms with E-state index in [1.165, 1.54) is 0 Å². The number of rotatable bonds is 6. The molecule has 2 aliphatic rings. The van der Waals surface area contributed by atoms with Crippen LogP contribution in [0.2, 0.25) is 0 Å². The predicted octanol–water partition coefficient (Wildman–Crippen LogP) is 3.48. The van der Waals surface area contributed by atoms with E-state index >= 15 is 0 Å². The molecule has 2 heterocycles. The average Bonchev–Trinajstić information content (AvgIpc) is 3.25. The molecule has 0 spiro atoms. The summed E-state index contributed by atoms with van der Waals surface area (Å²) in [6.07, 6.45) is -0.819. The normalized spacial score (nSPS) is 27.3. The lowest BCUT2D eigenvalue weighted by molar-refractivity contribution is -0.160. The van der Waals surface area contributed by atoms with E-state index in [0.29, 0.717) is 26.2 Å². The highest BCUT2D eigenvalue weighted by atomic mass is 16.8. The van der Waals surface area contributed by atoms with E-state index in [1.807, 2.05) is 65.0 Å². The van der Waals surface area contributed by atoms with Crippen LogP contribution in [-0.2, 0) is 25.6 Å². The van der Waals surface area contributed by atoms with Gasteiger partial charge in [0.05, 0.1) is 19.3 Å². The summed E-state index contributed by atoms with van der Waals surface area (Å²) in [4.78, 5) is 14.2. The Hall–Kier alpha value is -1.67. The third-order valence-corrected chi connectivity index (χ3v) is 5.27. The summed E-state index contributed by atoms with van der Waals surface area (Å²) in [5, 5.41) is 11.2. The van der Waals surface area contributed by atoms with E-state index in [9.17, 15) is 9.90 Å². The second-order valence-corrected chi connectivity index (χ2v) is 9.51. The van der Waals surface area contributed by atoms with Crippen LogP contribution in [0.5, 0.6) is 0 Å².